The Hall–Kier alpha value is -0.630. The molecule has 0 saturated heterocycles. The van der Waals surface area contributed by atoms with Crippen molar-refractivity contribution in [2.75, 3.05) is 0 Å². The van der Waals surface area contributed by atoms with E-state index in [1.165, 1.54) is 12.1 Å². The largest absolute Gasteiger partial charge is 0.481 e. The number of hydrogen-bond donors (Lipinski definition) is 2. The predicted molar refractivity (Wildman–Crippen MR) is 78.2 cm³/mol. The van der Waals surface area contributed by atoms with Crippen molar-refractivity contribution in [3.8, 4) is 0 Å². The van der Waals surface area contributed by atoms with Crippen LogP contribution in [0.5, 0.6) is 0 Å². The van der Waals surface area contributed by atoms with Gasteiger partial charge in [-0.2, -0.15) is 0 Å². The van der Waals surface area contributed by atoms with Crippen molar-refractivity contribution in [3.63, 3.8) is 0 Å². The van der Waals surface area contributed by atoms with Crippen LogP contribution < -0.4 is 4.72 Å². The number of sulfonamides is 1. The number of rotatable bonds is 4. The summed E-state index contributed by atoms with van der Waals surface area (Å²) in [7, 11) is -3.82. The number of carboxylic acids is 1. The van der Waals surface area contributed by atoms with Gasteiger partial charge in [0.25, 0.3) is 0 Å². The highest BCUT2D eigenvalue weighted by Gasteiger charge is 2.36. The van der Waals surface area contributed by atoms with Gasteiger partial charge in [0, 0.05) is 10.5 Å². The first-order valence-corrected chi connectivity index (χ1v) is 8.67. The van der Waals surface area contributed by atoms with E-state index in [9.17, 15) is 13.2 Å². The highest BCUT2D eigenvalue weighted by atomic mass is 79.9. The second-order valence-electron chi connectivity index (χ2n) is 4.68. The number of carboxylic acid groups (broad SMARTS) is 1. The van der Waals surface area contributed by atoms with Crippen LogP contribution in [0.4, 0.5) is 0 Å². The Morgan fingerprint density at radius 2 is 2.10 bits per heavy atom. The molecule has 1 fully saturated rings. The Labute approximate surface area is 130 Å². The summed E-state index contributed by atoms with van der Waals surface area (Å²) in [4.78, 5) is 11.0. The van der Waals surface area contributed by atoms with Crippen LogP contribution in [0.3, 0.4) is 0 Å². The van der Waals surface area contributed by atoms with Crippen LogP contribution in [-0.2, 0) is 14.8 Å². The zero-order valence-electron chi connectivity index (χ0n) is 10.3. The molecule has 2 rings (SSSR count). The van der Waals surface area contributed by atoms with Crippen molar-refractivity contribution in [3.05, 3.63) is 27.7 Å². The third-order valence-electron chi connectivity index (χ3n) is 3.32. The molecule has 1 saturated carbocycles. The molecular weight excluding hydrogens is 370 g/mol. The molecule has 1 aromatic rings. The van der Waals surface area contributed by atoms with E-state index >= 15 is 0 Å². The Morgan fingerprint density at radius 3 is 2.70 bits per heavy atom. The Kier molecular flexibility index (Phi) is 4.73. The van der Waals surface area contributed by atoms with E-state index in [-0.39, 0.29) is 9.92 Å². The fourth-order valence-electron chi connectivity index (χ4n) is 2.35. The van der Waals surface area contributed by atoms with E-state index in [0.29, 0.717) is 23.7 Å². The molecule has 0 spiro atoms. The number of halogens is 2. The van der Waals surface area contributed by atoms with Crippen molar-refractivity contribution in [2.45, 2.75) is 30.2 Å². The topological polar surface area (TPSA) is 83.5 Å². The highest BCUT2D eigenvalue weighted by molar-refractivity contribution is 9.10. The van der Waals surface area contributed by atoms with Gasteiger partial charge in [-0.25, -0.2) is 13.1 Å². The summed E-state index contributed by atoms with van der Waals surface area (Å²) in [6.07, 6.45) is 1.69. The zero-order chi connectivity index (χ0) is 14.9. The Balaban J connectivity index is 2.25. The first-order chi connectivity index (χ1) is 9.31. The normalized spacial score (nSPS) is 22.9. The van der Waals surface area contributed by atoms with Gasteiger partial charge in [-0.05, 0) is 31.0 Å². The minimum atomic E-state index is -3.82. The molecule has 0 aliphatic heterocycles. The third kappa shape index (κ3) is 3.33. The number of carbonyl (C=O) groups is 1. The number of hydrogen-bond acceptors (Lipinski definition) is 3. The fraction of sp³-hybridized carbons (Fsp3) is 0.417. The molecule has 0 bridgehead atoms. The molecule has 20 heavy (non-hydrogen) atoms. The molecule has 1 aliphatic rings. The number of benzene rings is 1. The molecule has 5 nitrogen and oxygen atoms in total. The van der Waals surface area contributed by atoms with Crippen LogP contribution in [0.15, 0.2) is 27.6 Å². The van der Waals surface area contributed by atoms with Crippen LogP contribution in [0, 0.1) is 5.92 Å². The number of nitrogens with one attached hydrogen (secondary N) is 1. The first kappa shape index (κ1) is 15.8. The quantitative estimate of drug-likeness (QED) is 0.838. The van der Waals surface area contributed by atoms with Crippen molar-refractivity contribution >= 4 is 43.5 Å². The Bertz CT molecular complexity index is 634. The van der Waals surface area contributed by atoms with Crippen molar-refractivity contribution in [1.82, 2.24) is 4.72 Å². The molecule has 0 heterocycles. The molecular formula is C12H13BrClNO4S. The van der Waals surface area contributed by atoms with Gasteiger partial charge in [-0.1, -0.05) is 34.0 Å². The van der Waals surface area contributed by atoms with Gasteiger partial charge >= 0.3 is 5.97 Å². The molecule has 110 valence electrons. The average molecular weight is 383 g/mol. The van der Waals surface area contributed by atoms with Crippen LogP contribution in [0.25, 0.3) is 0 Å². The lowest BCUT2D eigenvalue weighted by Gasteiger charge is -2.18. The van der Waals surface area contributed by atoms with Gasteiger partial charge in [-0.3, -0.25) is 4.79 Å². The minimum absolute atomic E-state index is 0.0431. The molecule has 2 N–H and O–H groups in total. The van der Waals surface area contributed by atoms with Gasteiger partial charge in [-0.15, -0.1) is 0 Å². The van der Waals surface area contributed by atoms with Gasteiger partial charge in [0.05, 0.1) is 10.9 Å². The van der Waals surface area contributed by atoms with Crippen molar-refractivity contribution < 1.29 is 18.3 Å². The van der Waals surface area contributed by atoms with Gasteiger partial charge in [0.2, 0.25) is 10.0 Å². The van der Waals surface area contributed by atoms with E-state index < -0.39 is 28.0 Å². The molecule has 8 heteroatoms. The monoisotopic (exact) mass is 381 g/mol. The minimum Gasteiger partial charge on any atom is -0.481 e. The fourth-order valence-corrected chi connectivity index (χ4v) is 4.70. The standard InChI is InChI=1S/C12H13BrClNO4S/c13-7-4-5-11(9(14)6-7)20(18,19)15-10-3-1-2-8(10)12(16)17/h4-6,8,10,15H,1-3H2,(H,16,17). The third-order valence-corrected chi connectivity index (χ3v) is 5.79. The second kappa shape index (κ2) is 6.01. The lowest BCUT2D eigenvalue weighted by molar-refractivity contribution is -0.141. The summed E-state index contributed by atoms with van der Waals surface area (Å²) in [6, 6.07) is 3.86. The SMILES string of the molecule is O=C(O)C1CCCC1NS(=O)(=O)c1ccc(Br)cc1Cl. The lowest BCUT2D eigenvalue weighted by atomic mass is 10.1. The molecule has 0 amide bonds. The maximum absolute atomic E-state index is 12.3. The smallest absolute Gasteiger partial charge is 0.308 e. The van der Waals surface area contributed by atoms with Crippen LogP contribution in [-0.4, -0.2) is 25.5 Å². The number of aliphatic carboxylic acids is 1. The predicted octanol–water partition coefficient (Wildman–Crippen LogP) is 2.63. The molecule has 1 aromatic carbocycles. The van der Waals surface area contributed by atoms with E-state index in [0.717, 1.165) is 0 Å². The van der Waals surface area contributed by atoms with Crippen LogP contribution in [0.2, 0.25) is 5.02 Å². The second-order valence-corrected chi connectivity index (χ2v) is 7.68. The maximum atomic E-state index is 12.3. The van der Waals surface area contributed by atoms with E-state index in [1.807, 2.05) is 0 Å². The van der Waals surface area contributed by atoms with Gasteiger partial charge in [0.15, 0.2) is 0 Å². The van der Waals surface area contributed by atoms with Gasteiger partial charge in [0.1, 0.15) is 4.90 Å². The van der Waals surface area contributed by atoms with Crippen molar-refractivity contribution in [2.24, 2.45) is 5.92 Å². The summed E-state index contributed by atoms with van der Waals surface area (Å²) in [6.45, 7) is 0. The van der Waals surface area contributed by atoms with Crippen LogP contribution >= 0.6 is 27.5 Å². The molecule has 2 atom stereocenters. The van der Waals surface area contributed by atoms with Crippen molar-refractivity contribution in [1.29, 1.82) is 0 Å². The summed E-state index contributed by atoms with van der Waals surface area (Å²) in [5.74, 6) is -1.66. The lowest BCUT2D eigenvalue weighted by Crippen LogP contribution is -2.40. The molecule has 2 unspecified atom stereocenters. The van der Waals surface area contributed by atoms with E-state index in [1.54, 1.807) is 6.07 Å². The highest BCUT2D eigenvalue weighted by Crippen LogP contribution is 2.29. The molecule has 0 aromatic heterocycles. The van der Waals surface area contributed by atoms with E-state index in [2.05, 4.69) is 20.7 Å². The molecule has 0 radical (unpaired) electrons. The summed E-state index contributed by atoms with van der Waals surface area (Å²) in [5.41, 5.74) is 0. The zero-order valence-corrected chi connectivity index (χ0v) is 13.5. The maximum Gasteiger partial charge on any atom is 0.308 e. The summed E-state index contributed by atoms with van der Waals surface area (Å²) in [5, 5.41) is 9.17. The summed E-state index contributed by atoms with van der Waals surface area (Å²) < 4.78 is 27.7. The molecule has 1 aliphatic carbocycles. The average Bonchev–Trinajstić information content (AvgIpc) is 2.75. The van der Waals surface area contributed by atoms with Gasteiger partial charge < -0.3 is 5.11 Å². The van der Waals surface area contributed by atoms with E-state index in [4.69, 9.17) is 16.7 Å². The summed E-state index contributed by atoms with van der Waals surface area (Å²) >= 11 is 9.14. The Morgan fingerprint density at radius 1 is 1.40 bits per heavy atom. The first-order valence-electron chi connectivity index (χ1n) is 6.01. The van der Waals surface area contributed by atoms with Crippen LogP contribution in [0.1, 0.15) is 19.3 Å².